The average molecular weight is 258 g/mol. The van der Waals surface area contributed by atoms with Gasteiger partial charge in [0.05, 0.1) is 12.6 Å². The van der Waals surface area contributed by atoms with Gasteiger partial charge in [0.15, 0.2) is 0 Å². The summed E-state index contributed by atoms with van der Waals surface area (Å²) < 4.78 is 4.94. The van der Waals surface area contributed by atoms with Gasteiger partial charge >= 0.3 is 0 Å². The van der Waals surface area contributed by atoms with Crippen molar-refractivity contribution in [2.45, 2.75) is 44.7 Å². The Bertz CT molecular complexity index is 244. The summed E-state index contributed by atoms with van der Waals surface area (Å²) in [6.07, 6.45) is 4.34. The number of aliphatic hydroxyl groups is 1. The summed E-state index contributed by atoms with van der Waals surface area (Å²) in [5.41, 5.74) is 0. The van der Waals surface area contributed by atoms with Gasteiger partial charge in [0.25, 0.3) is 0 Å². The molecule has 0 saturated heterocycles. The Morgan fingerprint density at radius 1 is 1.56 bits per heavy atom. The van der Waals surface area contributed by atoms with Crippen LogP contribution in [0.15, 0.2) is 0 Å². The zero-order valence-electron chi connectivity index (χ0n) is 11.5. The van der Waals surface area contributed by atoms with Gasteiger partial charge < -0.3 is 15.2 Å². The first-order valence-corrected chi connectivity index (χ1v) is 6.84. The van der Waals surface area contributed by atoms with E-state index in [0.717, 1.165) is 19.3 Å². The topological polar surface area (TPSA) is 61.8 Å². The predicted molar refractivity (Wildman–Crippen MR) is 70.4 cm³/mol. The van der Waals surface area contributed by atoms with Gasteiger partial charge in [0.1, 0.15) is 0 Å². The van der Waals surface area contributed by atoms with Gasteiger partial charge in [0.2, 0.25) is 5.91 Å². The number of nitrogens with zero attached hydrogens (tertiary/aromatic N) is 1. The highest BCUT2D eigenvalue weighted by molar-refractivity contribution is 5.81. The van der Waals surface area contributed by atoms with Gasteiger partial charge in [-0.1, -0.05) is 6.42 Å². The summed E-state index contributed by atoms with van der Waals surface area (Å²) in [4.78, 5) is 14.1. The van der Waals surface area contributed by atoms with Crippen LogP contribution < -0.4 is 5.32 Å². The number of carbonyl (C=O) groups excluding carboxylic acids is 1. The van der Waals surface area contributed by atoms with Crippen LogP contribution in [0.25, 0.3) is 0 Å². The maximum atomic E-state index is 12.0. The molecular weight excluding hydrogens is 232 g/mol. The molecule has 1 amide bonds. The van der Waals surface area contributed by atoms with Crippen molar-refractivity contribution >= 4 is 5.91 Å². The molecule has 1 fully saturated rings. The van der Waals surface area contributed by atoms with Crippen molar-refractivity contribution < 1.29 is 14.6 Å². The summed E-state index contributed by atoms with van der Waals surface area (Å²) in [6.45, 7) is 3.92. The van der Waals surface area contributed by atoms with E-state index in [2.05, 4.69) is 10.2 Å². The van der Waals surface area contributed by atoms with Crippen molar-refractivity contribution in [2.75, 3.05) is 33.4 Å². The summed E-state index contributed by atoms with van der Waals surface area (Å²) in [6, 6.07) is 0.307. The Morgan fingerprint density at radius 2 is 2.28 bits per heavy atom. The zero-order chi connectivity index (χ0) is 13.4. The van der Waals surface area contributed by atoms with Crippen molar-refractivity contribution in [2.24, 2.45) is 0 Å². The molecule has 1 rings (SSSR count). The van der Waals surface area contributed by atoms with Crippen molar-refractivity contribution in [3.05, 3.63) is 0 Å². The first kappa shape index (κ1) is 15.4. The second-order valence-electron chi connectivity index (χ2n) is 4.86. The van der Waals surface area contributed by atoms with Gasteiger partial charge in [-0.25, -0.2) is 0 Å². The van der Waals surface area contributed by atoms with Gasteiger partial charge in [-0.05, 0) is 26.2 Å². The lowest BCUT2D eigenvalue weighted by Crippen LogP contribution is -2.53. The fourth-order valence-corrected chi connectivity index (χ4v) is 2.25. The lowest BCUT2D eigenvalue weighted by atomic mass is 9.90. The average Bonchev–Trinajstić information content (AvgIpc) is 2.30. The highest BCUT2D eigenvalue weighted by atomic mass is 16.5. The molecular formula is C13H26N2O3. The van der Waals surface area contributed by atoms with E-state index in [1.165, 1.54) is 6.42 Å². The molecule has 1 atom stereocenters. The number of methoxy groups -OCH3 is 1. The molecule has 5 heteroatoms. The number of hydrogen-bond donors (Lipinski definition) is 2. The minimum atomic E-state index is -0.162. The Hall–Kier alpha value is -0.650. The molecule has 0 radical (unpaired) electrons. The van der Waals surface area contributed by atoms with E-state index in [1.54, 1.807) is 7.11 Å². The molecule has 1 aliphatic carbocycles. The van der Waals surface area contributed by atoms with Crippen LogP contribution in [0, 0.1) is 0 Å². The Balaban J connectivity index is 2.33. The third kappa shape index (κ3) is 4.55. The standard InChI is InChI=1S/C13H26N2O3/c1-11(13(17)14-7-4-10-18-2)15(8-9-16)12-5-3-6-12/h11-12,16H,3-10H2,1-2H3,(H,14,17). The summed E-state index contributed by atoms with van der Waals surface area (Å²) in [5, 5.41) is 12.0. The summed E-state index contributed by atoms with van der Waals surface area (Å²) in [7, 11) is 1.66. The molecule has 0 spiro atoms. The van der Waals surface area contributed by atoms with E-state index in [9.17, 15) is 4.79 Å². The first-order chi connectivity index (χ1) is 8.70. The molecule has 0 heterocycles. The number of ether oxygens (including phenoxy) is 1. The molecule has 0 aromatic heterocycles. The minimum absolute atomic E-state index is 0.0476. The van der Waals surface area contributed by atoms with Crippen LogP contribution in [0.1, 0.15) is 32.6 Å². The number of amides is 1. The summed E-state index contributed by atoms with van der Waals surface area (Å²) >= 11 is 0. The molecule has 1 unspecified atom stereocenters. The highest BCUT2D eigenvalue weighted by Crippen LogP contribution is 2.26. The van der Waals surface area contributed by atoms with Crippen LogP contribution in [-0.4, -0.2) is 61.4 Å². The molecule has 18 heavy (non-hydrogen) atoms. The maximum Gasteiger partial charge on any atom is 0.237 e. The van der Waals surface area contributed by atoms with Crippen LogP contribution >= 0.6 is 0 Å². The predicted octanol–water partition coefficient (Wildman–Crippen LogP) is 0.374. The van der Waals surface area contributed by atoms with E-state index < -0.39 is 0 Å². The summed E-state index contributed by atoms with van der Waals surface area (Å²) in [5.74, 6) is 0.0476. The van der Waals surface area contributed by atoms with Crippen molar-refractivity contribution in [1.29, 1.82) is 0 Å². The third-order valence-electron chi connectivity index (χ3n) is 3.60. The molecule has 0 bridgehead atoms. The monoisotopic (exact) mass is 258 g/mol. The van der Waals surface area contributed by atoms with Crippen LogP contribution in [0.2, 0.25) is 0 Å². The maximum absolute atomic E-state index is 12.0. The van der Waals surface area contributed by atoms with Crippen molar-refractivity contribution in [1.82, 2.24) is 10.2 Å². The van der Waals surface area contributed by atoms with E-state index in [0.29, 0.717) is 25.7 Å². The number of aliphatic hydroxyl groups excluding tert-OH is 1. The Morgan fingerprint density at radius 3 is 2.78 bits per heavy atom. The van der Waals surface area contributed by atoms with Gasteiger partial charge in [-0.15, -0.1) is 0 Å². The highest BCUT2D eigenvalue weighted by Gasteiger charge is 2.31. The molecule has 2 N–H and O–H groups in total. The van der Waals surface area contributed by atoms with Crippen LogP contribution in [-0.2, 0) is 9.53 Å². The van der Waals surface area contributed by atoms with Crippen molar-refractivity contribution in [3.63, 3.8) is 0 Å². The lowest BCUT2D eigenvalue weighted by molar-refractivity contribution is -0.127. The number of rotatable bonds is 9. The van der Waals surface area contributed by atoms with Crippen LogP contribution in [0.4, 0.5) is 0 Å². The van der Waals surface area contributed by atoms with E-state index >= 15 is 0 Å². The number of carbonyl (C=O) groups is 1. The SMILES string of the molecule is COCCCNC(=O)C(C)N(CCO)C1CCC1. The fraction of sp³-hybridized carbons (Fsp3) is 0.923. The van der Waals surface area contributed by atoms with E-state index in [4.69, 9.17) is 9.84 Å². The largest absolute Gasteiger partial charge is 0.395 e. The number of hydrogen-bond acceptors (Lipinski definition) is 4. The molecule has 1 aliphatic rings. The van der Waals surface area contributed by atoms with Gasteiger partial charge in [-0.3, -0.25) is 9.69 Å². The zero-order valence-corrected chi connectivity index (χ0v) is 11.5. The quantitative estimate of drug-likeness (QED) is 0.587. The Labute approximate surface area is 109 Å². The minimum Gasteiger partial charge on any atom is -0.395 e. The fourth-order valence-electron chi connectivity index (χ4n) is 2.25. The molecule has 0 aromatic carbocycles. The number of nitrogens with one attached hydrogen (secondary N) is 1. The lowest BCUT2D eigenvalue weighted by Gasteiger charge is -2.40. The molecule has 0 aromatic rings. The molecule has 106 valence electrons. The second kappa shape index (κ2) is 8.45. The van der Waals surface area contributed by atoms with Gasteiger partial charge in [-0.2, -0.15) is 0 Å². The van der Waals surface area contributed by atoms with E-state index in [1.807, 2.05) is 6.92 Å². The normalized spacial score (nSPS) is 17.6. The third-order valence-corrected chi connectivity index (χ3v) is 3.60. The van der Waals surface area contributed by atoms with Gasteiger partial charge in [0, 0.05) is 32.8 Å². The molecule has 0 aliphatic heterocycles. The first-order valence-electron chi connectivity index (χ1n) is 6.84. The second-order valence-corrected chi connectivity index (χ2v) is 4.86. The Kier molecular flexibility index (Phi) is 7.23. The molecule has 5 nitrogen and oxygen atoms in total. The molecule has 1 saturated carbocycles. The van der Waals surface area contributed by atoms with E-state index in [-0.39, 0.29) is 18.6 Å². The van der Waals surface area contributed by atoms with Crippen LogP contribution in [0.3, 0.4) is 0 Å². The van der Waals surface area contributed by atoms with Crippen molar-refractivity contribution in [3.8, 4) is 0 Å². The van der Waals surface area contributed by atoms with Crippen LogP contribution in [0.5, 0.6) is 0 Å². The smallest absolute Gasteiger partial charge is 0.237 e.